The molecular formula is C18H28ClNO. The molecule has 0 spiro atoms. The van der Waals surface area contributed by atoms with Gasteiger partial charge in [0.25, 0.3) is 0 Å². The Labute approximate surface area is 134 Å². The molecule has 1 aromatic carbocycles. The van der Waals surface area contributed by atoms with Gasteiger partial charge in [0.2, 0.25) is 0 Å². The van der Waals surface area contributed by atoms with Gasteiger partial charge in [-0.1, -0.05) is 63.4 Å². The molecule has 1 saturated carbocycles. The molecule has 21 heavy (non-hydrogen) atoms. The molecule has 0 aromatic heterocycles. The van der Waals surface area contributed by atoms with Crippen LogP contribution in [0.4, 0.5) is 0 Å². The predicted octanol–water partition coefficient (Wildman–Crippen LogP) is 4.97. The third kappa shape index (κ3) is 4.98. The summed E-state index contributed by atoms with van der Waals surface area (Å²) in [4.78, 5) is 0. The number of ether oxygens (including phenoxy) is 1. The summed E-state index contributed by atoms with van der Waals surface area (Å²) in [5.74, 6) is 0.641. The summed E-state index contributed by atoms with van der Waals surface area (Å²) in [6.45, 7) is 7.44. The van der Waals surface area contributed by atoms with Crippen LogP contribution in [0.2, 0.25) is 5.02 Å². The van der Waals surface area contributed by atoms with E-state index >= 15 is 0 Å². The van der Waals surface area contributed by atoms with Crippen LogP contribution in [0, 0.1) is 5.92 Å². The Bertz CT molecular complexity index is 435. The van der Waals surface area contributed by atoms with Gasteiger partial charge in [-0.2, -0.15) is 0 Å². The van der Waals surface area contributed by atoms with Crippen molar-refractivity contribution in [2.45, 2.75) is 64.7 Å². The smallest absolute Gasteiger partial charge is 0.0967 e. The van der Waals surface area contributed by atoms with Crippen molar-refractivity contribution in [3.8, 4) is 0 Å². The van der Waals surface area contributed by atoms with E-state index in [1.807, 2.05) is 18.2 Å². The minimum atomic E-state index is 0.0339. The van der Waals surface area contributed by atoms with Gasteiger partial charge in [-0.3, -0.25) is 0 Å². The van der Waals surface area contributed by atoms with Crippen LogP contribution in [0.1, 0.15) is 58.1 Å². The largest absolute Gasteiger partial charge is 0.369 e. The highest BCUT2D eigenvalue weighted by molar-refractivity contribution is 6.31. The van der Waals surface area contributed by atoms with Gasteiger partial charge in [-0.05, 0) is 24.8 Å². The van der Waals surface area contributed by atoms with Crippen molar-refractivity contribution in [1.82, 2.24) is 5.32 Å². The van der Waals surface area contributed by atoms with Gasteiger partial charge in [0.15, 0.2) is 0 Å². The molecular weight excluding hydrogens is 282 g/mol. The quantitative estimate of drug-likeness (QED) is 0.800. The summed E-state index contributed by atoms with van der Waals surface area (Å²) >= 11 is 6.38. The molecule has 0 amide bonds. The Hall–Kier alpha value is -0.570. The summed E-state index contributed by atoms with van der Waals surface area (Å²) in [6, 6.07) is 8.50. The molecule has 0 saturated heterocycles. The summed E-state index contributed by atoms with van der Waals surface area (Å²) in [7, 11) is 0. The van der Waals surface area contributed by atoms with E-state index in [2.05, 4.69) is 32.2 Å². The van der Waals surface area contributed by atoms with E-state index in [-0.39, 0.29) is 6.10 Å². The summed E-state index contributed by atoms with van der Waals surface area (Å²) in [5, 5.41) is 4.29. The van der Waals surface area contributed by atoms with Gasteiger partial charge >= 0.3 is 0 Å². The lowest BCUT2D eigenvalue weighted by molar-refractivity contribution is -0.0569. The van der Waals surface area contributed by atoms with Crippen LogP contribution < -0.4 is 5.32 Å². The van der Waals surface area contributed by atoms with Crippen LogP contribution in [0.25, 0.3) is 0 Å². The normalized spacial score (nSPS) is 24.2. The topological polar surface area (TPSA) is 21.3 Å². The van der Waals surface area contributed by atoms with E-state index in [9.17, 15) is 0 Å². The number of nitrogens with one attached hydrogen (secondary N) is 1. The Morgan fingerprint density at radius 3 is 2.62 bits per heavy atom. The molecule has 1 aliphatic rings. The SMILES string of the molecule is CC(C)NCC(OC1CCCCC1C)c1ccccc1Cl. The molecule has 0 heterocycles. The summed E-state index contributed by atoms with van der Waals surface area (Å²) < 4.78 is 6.47. The second-order valence-electron chi connectivity index (χ2n) is 6.51. The first-order chi connectivity index (χ1) is 10.1. The van der Waals surface area contributed by atoms with E-state index in [0.29, 0.717) is 18.1 Å². The Balaban J connectivity index is 2.10. The summed E-state index contributed by atoms with van der Waals surface area (Å²) in [5.41, 5.74) is 1.10. The molecule has 1 fully saturated rings. The molecule has 3 atom stereocenters. The van der Waals surface area contributed by atoms with Gasteiger partial charge in [0.05, 0.1) is 12.2 Å². The van der Waals surface area contributed by atoms with Crippen molar-refractivity contribution >= 4 is 11.6 Å². The first-order valence-corrected chi connectivity index (χ1v) is 8.59. The third-order valence-corrected chi connectivity index (χ3v) is 4.68. The Morgan fingerprint density at radius 1 is 1.24 bits per heavy atom. The minimum absolute atomic E-state index is 0.0339. The fourth-order valence-corrected chi connectivity index (χ4v) is 3.26. The number of rotatable bonds is 6. The average molecular weight is 310 g/mol. The van der Waals surface area contributed by atoms with Gasteiger partial charge in [0.1, 0.15) is 0 Å². The maximum Gasteiger partial charge on any atom is 0.0967 e. The number of benzene rings is 1. The number of halogens is 1. The predicted molar refractivity (Wildman–Crippen MR) is 89.8 cm³/mol. The monoisotopic (exact) mass is 309 g/mol. The lowest BCUT2D eigenvalue weighted by Gasteiger charge is -2.33. The standard InChI is InChI=1S/C18H28ClNO/c1-13(2)20-12-18(15-9-5-6-10-16(15)19)21-17-11-7-4-8-14(17)3/h5-6,9-10,13-14,17-18,20H,4,7-8,11-12H2,1-3H3. The summed E-state index contributed by atoms with van der Waals surface area (Å²) in [6.07, 6.45) is 5.45. The first-order valence-electron chi connectivity index (χ1n) is 8.21. The lowest BCUT2D eigenvalue weighted by Crippen LogP contribution is -2.34. The van der Waals surface area contributed by atoms with Crippen LogP contribution in [-0.4, -0.2) is 18.7 Å². The number of hydrogen-bond donors (Lipinski definition) is 1. The maximum absolute atomic E-state index is 6.47. The molecule has 1 N–H and O–H groups in total. The van der Waals surface area contributed by atoms with E-state index in [4.69, 9.17) is 16.3 Å². The fourth-order valence-electron chi connectivity index (χ4n) is 3.01. The Kier molecular flexibility index (Phi) is 6.53. The average Bonchev–Trinajstić information content (AvgIpc) is 2.46. The van der Waals surface area contributed by atoms with Crippen molar-refractivity contribution in [3.63, 3.8) is 0 Å². The molecule has 2 rings (SSSR count). The van der Waals surface area contributed by atoms with E-state index in [1.165, 1.54) is 25.7 Å². The van der Waals surface area contributed by atoms with Gasteiger partial charge < -0.3 is 10.1 Å². The molecule has 3 heteroatoms. The maximum atomic E-state index is 6.47. The van der Waals surface area contributed by atoms with E-state index in [1.54, 1.807) is 0 Å². The van der Waals surface area contributed by atoms with Crippen molar-refractivity contribution in [3.05, 3.63) is 34.9 Å². The molecule has 118 valence electrons. The van der Waals surface area contributed by atoms with Crippen molar-refractivity contribution in [2.24, 2.45) is 5.92 Å². The van der Waals surface area contributed by atoms with Gasteiger partial charge in [0, 0.05) is 23.2 Å². The highest BCUT2D eigenvalue weighted by atomic mass is 35.5. The van der Waals surface area contributed by atoms with Crippen LogP contribution in [-0.2, 0) is 4.74 Å². The lowest BCUT2D eigenvalue weighted by atomic mass is 9.87. The van der Waals surface area contributed by atoms with E-state index < -0.39 is 0 Å². The van der Waals surface area contributed by atoms with Crippen LogP contribution in [0.5, 0.6) is 0 Å². The second kappa shape index (κ2) is 8.17. The first kappa shape index (κ1) is 16.8. The highest BCUT2D eigenvalue weighted by Crippen LogP contribution is 2.33. The second-order valence-corrected chi connectivity index (χ2v) is 6.92. The van der Waals surface area contributed by atoms with Gasteiger partial charge in [-0.15, -0.1) is 0 Å². The van der Waals surface area contributed by atoms with Gasteiger partial charge in [-0.25, -0.2) is 0 Å². The zero-order valence-corrected chi connectivity index (χ0v) is 14.2. The zero-order valence-electron chi connectivity index (χ0n) is 13.4. The molecule has 3 unspecified atom stereocenters. The van der Waals surface area contributed by atoms with Crippen molar-refractivity contribution < 1.29 is 4.74 Å². The molecule has 1 aromatic rings. The van der Waals surface area contributed by atoms with Crippen LogP contribution in [0.3, 0.4) is 0 Å². The Morgan fingerprint density at radius 2 is 1.95 bits per heavy atom. The van der Waals surface area contributed by atoms with Crippen molar-refractivity contribution in [2.75, 3.05) is 6.54 Å². The zero-order chi connectivity index (χ0) is 15.2. The van der Waals surface area contributed by atoms with E-state index in [0.717, 1.165) is 17.1 Å². The van der Waals surface area contributed by atoms with Crippen molar-refractivity contribution in [1.29, 1.82) is 0 Å². The third-order valence-electron chi connectivity index (χ3n) is 4.34. The molecule has 0 bridgehead atoms. The minimum Gasteiger partial charge on any atom is -0.369 e. The number of hydrogen-bond acceptors (Lipinski definition) is 2. The fraction of sp³-hybridized carbons (Fsp3) is 0.667. The molecule has 0 radical (unpaired) electrons. The molecule has 2 nitrogen and oxygen atoms in total. The van der Waals surface area contributed by atoms with Crippen LogP contribution >= 0.6 is 11.6 Å². The highest BCUT2D eigenvalue weighted by Gasteiger charge is 2.26. The molecule has 0 aliphatic heterocycles. The van der Waals surface area contributed by atoms with Crippen LogP contribution in [0.15, 0.2) is 24.3 Å². The molecule has 1 aliphatic carbocycles.